The third kappa shape index (κ3) is 3.11. The number of alkyl halides is 1. The number of rotatable bonds is 4. The Kier molecular flexibility index (Phi) is 4.83. The van der Waals surface area contributed by atoms with E-state index in [0.29, 0.717) is 47.4 Å². The molecule has 0 atom stereocenters. The number of thiophene rings is 1. The van der Waals surface area contributed by atoms with Crippen LogP contribution in [0.25, 0.3) is 10.2 Å². The van der Waals surface area contributed by atoms with E-state index in [1.165, 1.54) is 34.7 Å². The van der Waals surface area contributed by atoms with Gasteiger partial charge in [0, 0.05) is 16.0 Å². The Morgan fingerprint density at radius 2 is 2.17 bits per heavy atom. The number of hydrogen-bond acceptors (Lipinski definition) is 7. The van der Waals surface area contributed by atoms with Crippen molar-refractivity contribution in [1.29, 1.82) is 0 Å². The normalized spacial score (nSPS) is 12.9. The van der Waals surface area contributed by atoms with Gasteiger partial charge in [0.25, 0.3) is 5.91 Å². The molecule has 0 unspecified atom stereocenters. The van der Waals surface area contributed by atoms with Crippen molar-refractivity contribution in [2.45, 2.75) is 4.43 Å². The molecule has 2 N–H and O–H groups in total. The summed E-state index contributed by atoms with van der Waals surface area (Å²) in [6.07, 6.45) is 2.93. The molecular formula is C18H10FIN6O2S2. The average molecular weight is 552 g/mol. The van der Waals surface area contributed by atoms with Crippen LogP contribution in [-0.2, 0) is 4.43 Å². The first-order valence-electron chi connectivity index (χ1n) is 8.50. The van der Waals surface area contributed by atoms with E-state index in [1.54, 1.807) is 17.6 Å². The smallest absolute Gasteiger partial charge is 0.305 e. The molecule has 0 spiro atoms. The standard InChI is InChI=1S/C18H10FIN6O2S2/c19-10-2-1-9(5-8(10)6-20)26-14-11-12(24-18(26)28)13(30-16(11)23-7-22-14)15(27)25-17-21-3-4-29-17/h1-5,7H,6H2,(H,24,28)(H,21,25,27). The van der Waals surface area contributed by atoms with Gasteiger partial charge in [0.1, 0.15) is 21.9 Å². The summed E-state index contributed by atoms with van der Waals surface area (Å²) in [6, 6.07) is 3.97. The highest BCUT2D eigenvalue weighted by molar-refractivity contribution is 14.1. The number of nitrogens with zero attached hydrogens (tertiary/aromatic N) is 4. The molecule has 8 nitrogen and oxygen atoms in total. The highest BCUT2D eigenvalue weighted by atomic mass is 127. The van der Waals surface area contributed by atoms with Gasteiger partial charge in [-0.25, -0.2) is 29.0 Å². The fourth-order valence-electron chi connectivity index (χ4n) is 3.11. The van der Waals surface area contributed by atoms with E-state index in [-0.39, 0.29) is 5.82 Å². The van der Waals surface area contributed by atoms with Gasteiger partial charge in [0.15, 0.2) is 10.9 Å². The van der Waals surface area contributed by atoms with Crippen LogP contribution >= 0.6 is 45.3 Å². The van der Waals surface area contributed by atoms with Crippen LogP contribution in [0, 0.1) is 5.82 Å². The van der Waals surface area contributed by atoms with Crippen LogP contribution in [0.2, 0.25) is 0 Å². The fourth-order valence-corrected chi connectivity index (χ4v) is 5.20. The van der Waals surface area contributed by atoms with Crippen LogP contribution in [0.4, 0.5) is 31.5 Å². The number of thiazole rings is 1. The SMILES string of the molecule is O=C(Nc1nccs1)c1sc2ncnc3c2c1NC(=O)N3c1ccc(F)c(CI)c1. The molecule has 0 bridgehead atoms. The van der Waals surface area contributed by atoms with Crippen molar-refractivity contribution < 1.29 is 14.0 Å². The largest absolute Gasteiger partial charge is 0.332 e. The maximum absolute atomic E-state index is 14.0. The molecule has 1 aliphatic heterocycles. The molecule has 30 heavy (non-hydrogen) atoms. The lowest BCUT2D eigenvalue weighted by atomic mass is 10.1. The average Bonchev–Trinajstić information content (AvgIpc) is 3.38. The molecule has 5 rings (SSSR count). The number of anilines is 4. The minimum atomic E-state index is -0.491. The van der Waals surface area contributed by atoms with Crippen molar-refractivity contribution >= 4 is 89.7 Å². The molecule has 4 heterocycles. The Hall–Kier alpha value is -2.71. The number of hydrogen-bond donors (Lipinski definition) is 2. The maximum Gasteiger partial charge on any atom is 0.332 e. The predicted octanol–water partition coefficient (Wildman–Crippen LogP) is 5.16. The quantitative estimate of drug-likeness (QED) is 0.269. The fraction of sp³-hybridized carbons (Fsp3) is 0.0556. The van der Waals surface area contributed by atoms with Crippen LogP contribution in [-0.4, -0.2) is 26.9 Å². The summed E-state index contributed by atoms with van der Waals surface area (Å²) in [4.78, 5) is 40.6. The highest BCUT2D eigenvalue weighted by Gasteiger charge is 2.34. The van der Waals surface area contributed by atoms with Crippen LogP contribution in [0.1, 0.15) is 15.2 Å². The van der Waals surface area contributed by atoms with Gasteiger partial charge >= 0.3 is 6.03 Å². The summed E-state index contributed by atoms with van der Waals surface area (Å²) in [7, 11) is 0. The zero-order valence-electron chi connectivity index (χ0n) is 14.8. The molecule has 0 radical (unpaired) electrons. The lowest BCUT2D eigenvalue weighted by Gasteiger charge is -2.27. The monoisotopic (exact) mass is 552 g/mol. The summed E-state index contributed by atoms with van der Waals surface area (Å²) in [6.45, 7) is 0. The summed E-state index contributed by atoms with van der Waals surface area (Å²) >= 11 is 4.51. The van der Waals surface area contributed by atoms with Crippen LogP contribution < -0.4 is 15.5 Å². The van der Waals surface area contributed by atoms with E-state index in [4.69, 9.17) is 0 Å². The molecule has 0 saturated carbocycles. The summed E-state index contributed by atoms with van der Waals surface area (Å²) in [5.41, 5.74) is 1.31. The first kappa shape index (κ1) is 19.3. The highest BCUT2D eigenvalue weighted by Crippen LogP contribution is 2.45. The molecule has 0 fully saturated rings. The van der Waals surface area contributed by atoms with Gasteiger partial charge in [-0.2, -0.15) is 0 Å². The van der Waals surface area contributed by atoms with Crippen molar-refractivity contribution in [1.82, 2.24) is 15.0 Å². The molecule has 1 aliphatic rings. The second kappa shape index (κ2) is 7.52. The van der Waals surface area contributed by atoms with Gasteiger partial charge in [-0.1, -0.05) is 22.6 Å². The lowest BCUT2D eigenvalue weighted by Crippen LogP contribution is -2.35. The number of nitrogens with one attached hydrogen (secondary N) is 2. The van der Waals surface area contributed by atoms with Gasteiger partial charge < -0.3 is 5.32 Å². The Morgan fingerprint density at radius 1 is 1.30 bits per heavy atom. The Morgan fingerprint density at radius 3 is 2.93 bits per heavy atom. The molecule has 0 aliphatic carbocycles. The predicted molar refractivity (Wildman–Crippen MR) is 123 cm³/mol. The number of halogens is 2. The molecule has 0 saturated heterocycles. The third-order valence-corrected chi connectivity index (χ3v) is 7.01. The van der Waals surface area contributed by atoms with Gasteiger partial charge in [-0.3, -0.25) is 10.1 Å². The number of carbonyl (C=O) groups excluding carboxylic acids is 2. The van der Waals surface area contributed by atoms with Crippen LogP contribution in [0.3, 0.4) is 0 Å². The van der Waals surface area contributed by atoms with Crippen molar-refractivity contribution in [3.63, 3.8) is 0 Å². The third-order valence-electron chi connectivity index (χ3n) is 4.41. The number of aromatic nitrogens is 3. The molecule has 1 aromatic carbocycles. The molecule has 3 aromatic heterocycles. The molecule has 12 heteroatoms. The van der Waals surface area contributed by atoms with E-state index in [2.05, 4.69) is 48.2 Å². The minimum Gasteiger partial charge on any atom is -0.305 e. The van der Waals surface area contributed by atoms with E-state index in [9.17, 15) is 14.0 Å². The number of urea groups is 1. The summed E-state index contributed by atoms with van der Waals surface area (Å²) in [5.74, 6) is -0.387. The van der Waals surface area contributed by atoms with Gasteiger partial charge in [-0.15, -0.1) is 22.7 Å². The summed E-state index contributed by atoms with van der Waals surface area (Å²) < 4.78 is 14.4. The first-order chi connectivity index (χ1) is 14.6. The van der Waals surface area contributed by atoms with Gasteiger partial charge in [-0.05, 0) is 23.8 Å². The number of carbonyl (C=O) groups is 2. The Labute approximate surface area is 190 Å². The molecule has 150 valence electrons. The molecular weight excluding hydrogens is 542 g/mol. The Balaban J connectivity index is 1.63. The minimum absolute atomic E-state index is 0.307. The number of benzene rings is 1. The van der Waals surface area contributed by atoms with Crippen LogP contribution in [0.5, 0.6) is 0 Å². The number of amides is 3. The Bertz CT molecular complexity index is 1310. The second-order valence-corrected chi connectivity index (χ2v) is 8.81. The lowest BCUT2D eigenvalue weighted by molar-refractivity contribution is 0.103. The second-order valence-electron chi connectivity index (χ2n) is 6.15. The van der Waals surface area contributed by atoms with E-state index in [0.717, 1.165) is 11.3 Å². The summed E-state index contributed by atoms with van der Waals surface area (Å²) in [5, 5.41) is 8.27. The first-order valence-corrected chi connectivity index (χ1v) is 11.7. The molecule has 3 amide bonds. The maximum atomic E-state index is 14.0. The topological polar surface area (TPSA) is 100 Å². The van der Waals surface area contributed by atoms with E-state index in [1.807, 2.05) is 0 Å². The van der Waals surface area contributed by atoms with Crippen molar-refractivity contribution in [2.24, 2.45) is 0 Å². The van der Waals surface area contributed by atoms with Crippen molar-refractivity contribution in [3.8, 4) is 0 Å². The van der Waals surface area contributed by atoms with E-state index >= 15 is 0 Å². The zero-order valence-corrected chi connectivity index (χ0v) is 18.6. The van der Waals surface area contributed by atoms with E-state index < -0.39 is 11.9 Å². The zero-order chi connectivity index (χ0) is 20.8. The van der Waals surface area contributed by atoms with Gasteiger partial charge in [0.05, 0.1) is 16.8 Å². The molecule has 4 aromatic rings. The van der Waals surface area contributed by atoms with Crippen molar-refractivity contribution in [3.05, 3.63) is 52.4 Å². The van der Waals surface area contributed by atoms with Crippen molar-refractivity contribution in [2.75, 3.05) is 15.5 Å². The van der Waals surface area contributed by atoms with Crippen LogP contribution in [0.15, 0.2) is 36.1 Å². The van der Waals surface area contributed by atoms with Gasteiger partial charge in [0.2, 0.25) is 0 Å².